The van der Waals surface area contributed by atoms with E-state index in [1.807, 2.05) is 0 Å². The van der Waals surface area contributed by atoms with E-state index in [0.29, 0.717) is 5.82 Å². The van der Waals surface area contributed by atoms with E-state index >= 15 is 0 Å². The average Bonchev–Trinajstić information content (AvgIpc) is 2.28. The highest BCUT2D eigenvalue weighted by atomic mass is 16.6. The third kappa shape index (κ3) is 3.39. The Labute approximate surface area is 103 Å². The van der Waals surface area contributed by atoms with Crippen LogP contribution in [0.15, 0.2) is 12.1 Å². The van der Waals surface area contributed by atoms with Crippen LogP contribution in [0.2, 0.25) is 0 Å². The quantitative estimate of drug-likeness (QED) is 0.570. The van der Waals surface area contributed by atoms with Crippen molar-refractivity contribution in [3.63, 3.8) is 0 Å². The molecular formula is C10H13N3O5. The molecule has 0 amide bonds. The van der Waals surface area contributed by atoms with Gasteiger partial charge in [-0.3, -0.25) is 10.1 Å². The molecule has 8 heteroatoms. The first-order valence-electron chi connectivity index (χ1n) is 5.07. The lowest BCUT2D eigenvalue weighted by atomic mass is 10.3. The molecule has 1 atom stereocenters. The van der Waals surface area contributed by atoms with Crippen molar-refractivity contribution in [2.24, 2.45) is 0 Å². The molecule has 0 saturated heterocycles. The minimum atomic E-state index is -1.09. The number of aromatic nitrogens is 1. The van der Waals surface area contributed by atoms with Crippen molar-refractivity contribution >= 4 is 17.5 Å². The van der Waals surface area contributed by atoms with E-state index in [9.17, 15) is 14.9 Å². The Bertz CT molecular complexity index is 463. The molecule has 0 aliphatic rings. The number of methoxy groups -OCH3 is 1. The van der Waals surface area contributed by atoms with Crippen molar-refractivity contribution in [2.45, 2.75) is 13.0 Å². The number of carboxylic acid groups (broad SMARTS) is 1. The zero-order chi connectivity index (χ0) is 13.7. The predicted molar refractivity (Wildman–Crippen MR) is 62.6 cm³/mol. The van der Waals surface area contributed by atoms with Crippen molar-refractivity contribution in [2.75, 3.05) is 19.0 Å². The number of hydrogen-bond acceptors (Lipinski definition) is 6. The van der Waals surface area contributed by atoms with Gasteiger partial charge in [0.1, 0.15) is 11.5 Å². The molecular weight excluding hydrogens is 242 g/mol. The summed E-state index contributed by atoms with van der Waals surface area (Å²) in [4.78, 5) is 24.7. The summed E-state index contributed by atoms with van der Waals surface area (Å²) in [5.41, 5.74) is 0.177. The first kappa shape index (κ1) is 13.8. The topological polar surface area (TPSA) is 115 Å². The molecule has 2 N–H and O–H groups in total. The summed E-state index contributed by atoms with van der Waals surface area (Å²) >= 11 is 0. The van der Waals surface area contributed by atoms with Crippen LogP contribution in [0, 0.1) is 17.0 Å². The molecule has 0 spiro atoms. The summed E-state index contributed by atoms with van der Waals surface area (Å²) in [6.45, 7) is 1.53. The average molecular weight is 255 g/mol. The molecule has 1 unspecified atom stereocenters. The maximum atomic E-state index is 10.7. The lowest BCUT2D eigenvalue weighted by Gasteiger charge is -2.12. The zero-order valence-electron chi connectivity index (χ0n) is 9.91. The summed E-state index contributed by atoms with van der Waals surface area (Å²) in [5.74, 6) is -0.731. The first-order chi connectivity index (χ1) is 8.45. The Kier molecular flexibility index (Phi) is 4.55. The fourth-order valence-corrected chi connectivity index (χ4v) is 1.31. The van der Waals surface area contributed by atoms with Gasteiger partial charge in [0, 0.05) is 13.2 Å². The van der Waals surface area contributed by atoms with Crippen LogP contribution in [0.3, 0.4) is 0 Å². The molecule has 0 aliphatic carbocycles. The summed E-state index contributed by atoms with van der Waals surface area (Å²) < 4.78 is 4.73. The Morgan fingerprint density at radius 3 is 2.78 bits per heavy atom. The van der Waals surface area contributed by atoms with Crippen LogP contribution in [-0.4, -0.2) is 40.7 Å². The SMILES string of the molecule is COC(CNc1ccc([N+](=O)[O-])c(C)n1)C(=O)O. The van der Waals surface area contributed by atoms with E-state index in [2.05, 4.69) is 10.3 Å². The molecule has 0 aliphatic heterocycles. The largest absolute Gasteiger partial charge is 0.479 e. The third-order valence-electron chi connectivity index (χ3n) is 2.28. The van der Waals surface area contributed by atoms with Gasteiger partial charge in [-0.05, 0) is 13.0 Å². The maximum absolute atomic E-state index is 10.7. The summed E-state index contributed by atoms with van der Waals surface area (Å²) in [5, 5.41) is 22.1. The van der Waals surface area contributed by atoms with Gasteiger partial charge in [-0.25, -0.2) is 9.78 Å². The summed E-state index contributed by atoms with van der Waals surface area (Å²) in [6, 6.07) is 2.73. The highest BCUT2D eigenvalue weighted by molar-refractivity contribution is 5.73. The van der Waals surface area contributed by atoms with Crippen molar-refractivity contribution < 1.29 is 19.6 Å². The van der Waals surface area contributed by atoms with Crippen LogP contribution in [-0.2, 0) is 9.53 Å². The number of ether oxygens (including phenoxy) is 1. The normalized spacial score (nSPS) is 11.9. The lowest BCUT2D eigenvalue weighted by molar-refractivity contribution is -0.385. The molecule has 0 bridgehead atoms. The molecule has 98 valence electrons. The number of aryl methyl sites for hydroxylation is 1. The van der Waals surface area contributed by atoms with Crippen LogP contribution in [0.5, 0.6) is 0 Å². The zero-order valence-corrected chi connectivity index (χ0v) is 9.91. The molecule has 1 aromatic heterocycles. The van der Waals surface area contributed by atoms with Crippen molar-refractivity contribution in [1.82, 2.24) is 4.98 Å². The molecule has 1 heterocycles. The molecule has 0 fully saturated rings. The molecule has 0 radical (unpaired) electrons. The van der Waals surface area contributed by atoms with Crippen LogP contribution >= 0.6 is 0 Å². The van der Waals surface area contributed by atoms with Gasteiger partial charge in [0.15, 0.2) is 6.10 Å². The van der Waals surface area contributed by atoms with E-state index in [1.165, 1.54) is 26.2 Å². The second-order valence-corrected chi connectivity index (χ2v) is 3.50. The number of anilines is 1. The van der Waals surface area contributed by atoms with E-state index < -0.39 is 17.0 Å². The first-order valence-corrected chi connectivity index (χ1v) is 5.07. The summed E-state index contributed by atoms with van der Waals surface area (Å²) in [6.07, 6.45) is -0.998. The fraction of sp³-hybridized carbons (Fsp3) is 0.400. The van der Waals surface area contributed by atoms with Gasteiger partial charge >= 0.3 is 5.97 Å². The number of nitrogens with zero attached hydrogens (tertiary/aromatic N) is 2. The molecule has 1 rings (SSSR count). The number of hydrogen-bond donors (Lipinski definition) is 2. The van der Waals surface area contributed by atoms with Gasteiger partial charge in [0.05, 0.1) is 11.5 Å². The number of nitro groups is 1. The molecule has 8 nitrogen and oxygen atoms in total. The van der Waals surface area contributed by atoms with Crippen molar-refractivity contribution in [1.29, 1.82) is 0 Å². The number of nitrogens with one attached hydrogen (secondary N) is 1. The van der Waals surface area contributed by atoms with E-state index in [1.54, 1.807) is 0 Å². The monoisotopic (exact) mass is 255 g/mol. The van der Waals surface area contributed by atoms with Gasteiger partial charge in [-0.1, -0.05) is 0 Å². The van der Waals surface area contributed by atoms with Crippen molar-refractivity contribution in [3.05, 3.63) is 27.9 Å². The van der Waals surface area contributed by atoms with Crippen LogP contribution in [0.1, 0.15) is 5.69 Å². The Hall–Kier alpha value is -2.22. The van der Waals surface area contributed by atoms with Crippen molar-refractivity contribution in [3.8, 4) is 0 Å². The van der Waals surface area contributed by atoms with Gasteiger partial charge < -0.3 is 15.2 Å². The second-order valence-electron chi connectivity index (χ2n) is 3.50. The molecule has 0 aromatic carbocycles. The smallest absolute Gasteiger partial charge is 0.334 e. The van der Waals surface area contributed by atoms with Gasteiger partial charge in [0.25, 0.3) is 5.69 Å². The highest BCUT2D eigenvalue weighted by Gasteiger charge is 2.17. The van der Waals surface area contributed by atoms with Gasteiger partial charge in [0.2, 0.25) is 0 Å². The number of carbonyl (C=O) groups is 1. The Morgan fingerprint density at radius 2 is 2.33 bits per heavy atom. The number of pyridine rings is 1. The number of rotatable bonds is 6. The van der Waals surface area contributed by atoms with E-state index in [4.69, 9.17) is 9.84 Å². The van der Waals surface area contributed by atoms with E-state index in [-0.39, 0.29) is 17.9 Å². The lowest BCUT2D eigenvalue weighted by Crippen LogP contribution is -2.30. The summed E-state index contributed by atoms with van der Waals surface area (Å²) in [7, 11) is 1.29. The maximum Gasteiger partial charge on any atom is 0.334 e. The minimum Gasteiger partial charge on any atom is -0.479 e. The van der Waals surface area contributed by atoms with Crippen LogP contribution in [0.4, 0.5) is 11.5 Å². The number of carboxylic acids is 1. The molecule has 1 aromatic rings. The highest BCUT2D eigenvalue weighted by Crippen LogP contribution is 2.17. The fourth-order valence-electron chi connectivity index (χ4n) is 1.31. The van der Waals surface area contributed by atoms with Gasteiger partial charge in [-0.2, -0.15) is 0 Å². The van der Waals surface area contributed by atoms with Gasteiger partial charge in [-0.15, -0.1) is 0 Å². The van der Waals surface area contributed by atoms with Crippen LogP contribution in [0.25, 0.3) is 0 Å². The molecule has 18 heavy (non-hydrogen) atoms. The standard InChI is InChI=1S/C10H13N3O5/c1-6-7(13(16)17)3-4-9(12-6)11-5-8(18-2)10(14)15/h3-4,8H,5H2,1-2H3,(H,11,12)(H,14,15). The minimum absolute atomic E-state index is 0.0239. The van der Waals surface area contributed by atoms with E-state index in [0.717, 1.165) is 0 Å². The predicted octanol–water partition coefficient (Wildman–Crippen LogP) is 0.810. The number of aliphatic carboxylic acids is 1. The third-order valence-corrected chi connectivity index (χ3v) is 2.28. The Balaban J connectivity index is 2.72. The molecule has 0 saturated carbocycles. The Morgan fingerprint density at radius 1 is 1.67 bits per heavy atom. The van der Waals surface area contributed by atoms with Crippen LogP contribution < -0.4 is 5.32 Å². The second kappa shape index (κ2) is 5.92.